The molecule has 1 amide bonds. The van der Waals surface area contributed by atoms with Crippen LogP contribution in [0.25, 0.3) is 5.69 Å². The molecule has 144 valence electrons. The molecule has 0 bridgehead atoms. The lowest BCUT2D eigenvalue weighted by Crippen LogP contribution is -2.42. The van der Waals surface area contributed by atoms with E-state index in [1.54, 1.807) is 0 Å². The molecule has 0 saturated carbocycles. The zero-order valence-corrected chi connectivity index (χ0v) is 14.4. The van der Waals surface area contributed by atoms with E-state index in [-0.39, 0.29) is 17.9 Å². The Morgan fingerprint density at radius 3 is 2.39 bits per heavy atom. The van der Waals surface area contributed by atoms with Gasteiger partial charge in [0, 0.05) is 11.9 Å². The third-order valence-corrected chi connectivity index (χ3v) is 3.91. The van der Waals surface area contributed by atoms with Crippen molar-refractivity contribution < 1.29 is 18.7 Å². The largest absolute Gasteiger partial charge is 0.395 e. The van der Waals surface area contributed by atoms with Crippen LogP contribution in [0, 0.1) is 11.6 Å². The molecule has 0 fully saturated rings. The third-order valence-electron chi connectivity index (χ3n) is 3.91. The number of hydrogen-bond donors (Lipinski definition) is 2. The molecule has 0 atom stereocenters. The maximum absolute atomic E-state index is 13.3. The molecule has 0 aliphatic carbocycles. The fourth-order valence-electron chi connectivity index (χ4n) is 2.61. The van der Waals surface area contributed by atoms with E-state index in [0.717, 1.165) is 29.0 Å². The van der Waals surface area contributed by atoms with E-state index in [2.05, 4.69) is 5.32 Å². The van der Waals surface area contributed by atoms with Gasteiger partial charge in [-0.05, 0) is 42.5 Å². The van der Waals surface area contributed by atoms with Gasteiger partial charge in [0.15, 0.2) is 0 Å². The zero-order valence-electron chi connectivity index (χ0n) is 14.4. The molecule has 3 rings (SSSR count). The van der Waals surface area contributed by atoms with Crippen molar-refractivity contribution in [3.8, 4) is 5.69 Å². The molecule has 0 unspecified atom stereocenters. The van der Waals surface area contributed by atoms with Gasteiger partial charge in [-0.2, -0.15) is 0 Å². The van der Waals surface area contributed by atoms with Gasteiger partial charge in [0.05, 0.1) is 18.8 Å². The van der Waals surface area contributed by atoms with Gasteiger partial charge in [-0.25, -0.2) is 18.1 Å². The van der Waals surface area contributed by atoms with Crippen LogP contribution in [0.4, 0.5) is 14.5 Å². The van der Waals surface area contributed by atoms with Crippen LogP contribution in [0.2, 0.25) is 0 Å². The number of anilines is 1. The van der Waals surface area contributed by atoms with E-state index in [4.69, 9.17) is 5.11 Å². The van der Waals surface area contributed by atoms with Gasteiger partial charge in [0.25, 0.3) is 11.5 Å². The molecule has 28 heavy (non-hydrogen) atoms. The first-order chi connectivity index (χ1) is 13.4. The van der Waals surface area contributed by atoms with Crippen molar-refractivity contribution in [3.05, 3.63) is 92.8 Å². The summed E-state index contributed by atoms with van der Waals surface area (Å²) in [5, 5.41) is 11.6. The van der Waals surface area contributed by atoms with Crippen molar-refractivity contribution in [2.45, 2.75) is 6.54 Å². The van der Waals surface area contributed by atoms with Crippen LogP contribution in [0.3, 0.4) is 0 Å². The van der Waals surface area contributed by atoms with Crippen molar-refractivity contribution in [1.82, 2.24) is 9.13 Å². The standard InChI is InChI=1S/C19H15F2N3O4/c20-12-4-6-15(7-5-12)24-18(27)16(11-23(8-9-25)19(24)28)17(26)22-14-3-1-2-13(21)10-14/h1-7,10-11,25H,8-9H2,(H,22,26). The Morgan fingerprint density at radius 2 is 1.75 bits per heavy atom. The Balaban J connectivity index is 2.13. The average Bonchev–Trinajstić information content (AvgIpc) is 2.65. The lowest BCUT2D eigenvalue weighted by atomic mass is 10.2. The number of nitrogens with zero attached hydrogens (tertiary/aromatic N) is 2. The first-order valence-corrected chi connectivity index (χ1v) is 8.21. The Hall–Kier alpha value is -3.59. The lowest BCUT2D eigenvalue weighted by molar-refractivity contribution is 0.102. The highest BCUT2D eigenvalue weighted by Crippen LogP contribution is 2.11. The van der Waals surface area contributed by atoms with E-state index in [1.807, 2.05) is 0 Å². The first kappa shape index (κ1) is 19.2. The Kier molecular flexibility index (Phi) is 5.46. The predicted molar refractivity (Wildman–Crippen MR) is 97.7 cm³/mol. The Bertz CT molecular complexity index is 1140. The summed E-state index contributed by atoms with van der Waals surface area (Å²) in [6.45, 7) is -0.576. The molecule has 7 nitrogen and oxygen atoms in total. The summed E-state index contributed by atoms with van der Waals surface area (Å²) < 4.78 is 28.2. The monoisotopic (exact) mass is 387 g/mol. The molecule has 3 aromatic rings. The number of nitrogens with one attached hydrogen (secondary N) is 1. The zero-order chi connectivity index (χ0) is 20.3. The van der Waals surface area contributed by atoms with Gasteiger partial charge in [-0.15, -0.1) is 0 Å². The maximum atomic E-state index is 13.3. The Morgan fingerprint density at radius 1 is 1.04 bits per heavy atom. The van der Waals surface area contributed by atoms with Crippen molar-refractivity contribution in [1.29, 1.82) is 0 Å². The van der Waals surface area contributed by atoms with Crippen LogP contribution >= 0.6 is 0 Å². The maximum Gasteiger partial charge on any atom is 0.335 e. The second-order valence-corrected chi connectivity index (χ2v) is 5.82. The topological polar surface area (TPSA) is 93.3 Å². The molecule has 0 aliphatic rings. The minimum Gasteiger partial charge on any atom is -0.395 e. The van der Waals surface area contributed by atoms with Crippen LogP contribution in [-0.2, 0) is 6.54 Å². The molecular formula is C19H15F2N3O4. The minimum atomic E-state index is -0.931. The highest BCUT2D eigenvalue weighted by molar-refractivity contribution is 6.03. The second-order valence-electron chi connectivity index (χ2n) is 5.82. The van der Waals surface area contributed by atoms with Gasteiger partial charge in [-0.3, -0.25) is 14.2 Å². The number of carbonyl (C=O) groups excluding carboxylic acids is 1. The van der Waals surface area contributed by atoms with E-state index < -0.39 is 41.0 Å². The molecule has 9 heteroatoms. The summed E-state index contributed by atoms with van der Waals surface area (Å²) in [5.41, 5.74) is -1.95. The van der Waals surface area contributed by atoms with Gasteiger partial charge in [-0.1, -0.05) is 6.07 Å². The van der Waals surface area contributed by atoms with Crippen LogP contribution in [0.5, 0.6) is 0 Å². The number of aromatic nitrogens is 2. The van der Waals surface area contributed by atoms with E-state index in [0.29, 0.717) is 4.57 Å². The van der Waals surface area contributed by atoms with Crippen LogP contribution in [-0.4, -0.2) is 26.8 Å². The van der Waals surface area contributed by atoms with Crippen LogP contribution in [0.1, 0.15) is 10.4 Å². The van der Waals surface area contributed by atoms with Crippen molar-refractivity contribution in [2.24, 2.45) is 0 Å². The van der Waals surface area contributed by atoms with Crippen LogP contribution in [0.15, 0.2) is 64.3 Å². The van der Waals surface area contributed by atoms with Gasteiger partial charge >= 0.3 is 5.69 Å². The van der Waals surface area contributed by atoms with Gasteiger partial charge in [0.1, 0.15) is 17.2 Å². The first-order valence-electron chi connectivity index (χ1n) is 8.21. The number of benzene rings is 2. The fourth-order valence-corrected chi connectivity index (χ4v) is 2.61. The molecule has 0 saturated heterocycles. The average molecular weight is 387 g/mol. The summed E-state index contributed by atoms with van der Waals surface area (Å²) in [6.07, 6.45) is 1.02. The van der Waals surface area contributed by atoms with Gasteiger partial charge < -0.3 is 10.4 Å². The molecule has 2 N–H and O–H groups in total. The van der Waals surface area contributed by atoms with E-state index >= 15 is 0 Å². The molecule has 0 radical (unpaired) electrons. The van der Waals surface area contributed by atoms with E-state index in [1.165, 1.54) is 30.3 Å². The summed E-state index contributed by atoms with van der Waals surface area (Å²) in [6, 6.07) is 9.65. The second kappa shape index (κ2) is 7.97. The van der Waals surface area contributed by atoms with Crippen molar-refractivity contribution in [2.75, 3.05) is 11.9 Å². The molecule has 1 heterocycles. The number of amides is 1. The van der Waals surface area contributed by atoms with Crippen molar-refractivity contribution in [3.63, 3.8) is 0 Å². The molecule has 1 aromatic heterocycles. The quantitative estimate of drug-likeness (QED) is 0.694. The lowest BCUT2D eigenvalue weighted by Gasteiger charge is -2.13. The molecule has 0 spiro atoms. The number of aliphatic hydroxyl groups is 1. The number of halogens is 2. The summed E-state index contributed by atoms with van der Waals surface area (Å²) >= 11 is 0. The number of rotatable bonds is 5. The number of hydrogen-bond acceptors (Lipinski definition) is 4. The normalized spacial score (nSPS) is 10.7. The predicted octanol–water partition coefficient (Wildman–Crippen LogP) is 1.52. The minimum absolute atomic E-state index is 0.0588. The summed E-state index contributed by atoms with van der Waals surface area (Å²) in [5.74, 6) is -2.00. The molecule has 2 aromatic carbocycles. The third kappa shape index (κ3) is 3.89. The molecular weight excluding hydrogens is 372 g/mol. The van der Waals surface area contributed by atoms with Crippen molar-refractivity contribution >= 4 is 11.6 Å². The highest BCUT2D eigenvalue weighted by atomic mass is 19.1. The van der Waals surface area contributed by atoms with Crippen LogP contribution < -0.4 is 16.6 Å². The fraction of sp³-hybridized carbons (Fsp3) is 0.105. The van der Waals surface area contributed by atoms with Gasteiger partial charge in [0.2, 0.25) is 0 Å². The number of carbonyl (C=O) groups is 1. The smallest absolute Gasteiger partial charge is 0.335 e. The molecule has 0 aliphatic heterocycles. The summed E-state index contributed by atoms with van der Waals surface area (Å²) in [4.78, 5) is 37.9. The number of aliphatic hydroxyl groups excluding tert-OH is 1. The summed E-state index contributed by atoms with van der Waals surface area (Å²) in [7, 11) is 0. The van der Waals surface area contributed by atoms with E-state index in [9.17, 15) is 23.2 Å². The Labute approximate surface area is 157 Å². The SMILES string of the molecule is O=C(Nc1cccc(F)c1)c1cn(CCO)c(=O)n(-c2ccc(F)cc2)c1=O. The highest BCUT2D eigenvalue weighted by Gasteiger charge is 2.19.